The first-order chi connectivity index (χ1) is 65.7. The Morgan fingerprint density at radius 1 is 0.307 bits per heavy atom. The van der Waals surface area contributed by atoms with Gasteiger partial charge in [0.25, 0.3) is 5.91 Å². The lowest BCUT2D eigenvalue weighted by molar-refractivity contribution is -0.124. The van der Waals surface area contributed by atoms with Gasteiger partial charge in [0.1, 0.15) is 17.1 Å². The lowest BCUT2D eigenvalue weighted by Gasteiger charge is -2.31. The van der Waals surface area contributed by atoms with Crippen LogP contribution in [0.25, 0.3) is 0 Å². The number of benzene rings is 6. The Kier molecular flexibility index (Phi) is 46.7. The molecule has 750 valence electrons. The van der Waals surface area contributed by atoms with Crippen LogP contribution in [-0.4, -0.2) is 146 Å². The maximum Gasteiger partial charge on any atom is 0.414 e. The normalized spacial score (nSPS) is 19.1. The van der Waals surface area contributed by atoms with Gasteiger partial charge >= 0.3 is 12.1 Å². The van der Waals surface area contributed by atoms with Crippen molar-refractivity contribution in [2.24, 2.45) is 35.9 Å². The van der Waals surface area contributed by atoms with E-state index in [9.17, 15) is 34.5 Å². The highest BCUT2D eigenvalue weighted by atomic mass is 16.6. The van der Waals surface area contributed by atoms with E-state index in [0.29, 0.717) is 83.3 Å². The van der Waals surface area contributed by atoms with E-state index in [0.717, 1.165) is 131 Å². The van der Waals surface area contributed by atoms with Crippen molar-refractivity contribution in [2.45, 2.75) is 404 Å². The molecular weight excluding hydrogens is 1720 g/mol. The number of hydrogen-bond donors (Lipinski definition) is 16. The number of anilines is 3. The molecule has 0 saturated heterocycles. The van der Waals surface area contributed by atoms with E-state index in [1.165, 1.54) is 148 Å². The van der Waals surface area contributed by atoms with Crippen molar-refractivity contribution in [3.05, 3.63) is 175 Å². The van der Waals surface area contributed by atoms with E-state index in [1.54, 1.807) is 48.5 Å². The first-order valence-corrected chi connectivity index (χ1v) is 51.5. The third kappa shape index (κ3) is 47.6. The molecule has 14 rings (SSSR count). The van der Waals surface area contributed by atoms with Crippen LogP contribution >= 0.6 is 0 Å². The van der Waals surface area contributed by atoms with Crippen LogP contribution in [0.5, 0.6) is 11.5 Å². The summed E-state index contributed by atoms with van der Waals surface area (Å²) >= 11 is 0. The summed E-state index contributed by atoms with van der Waals surface area (Å²) in [7, 11) is 0. The number of rotatable bonds is 14. The number of phenolic OH excluding ortho intramolecular Hbond substituents is 2. The van der Waals surface area contributed by atoms with Crippen LogP contribution in [0.1, 0.15) is 344 Å². The lowest BCUT2D eigenvalue weighted by atomic mass is 9.89. The number of phenols is 2. The number of alkyl carbamates (subject to hydrolysis) is 1. The maximum atomic E-state index is 12.6. The van der Waals surface area contributed by atoms with Gasteiger partial charge in [-0.05, 0) is 296 Å². The van der Waals surface area contributed by atoms with Gasteiger partial charge in [-0.25, -0.2) is 39.5 Å². The fourth-order valence-corrected chi connectivity index (χ4v) is 17.7. The molecule has 27 nitrogen and oxygen atoms in total. The van der Waals surface area contributed by atoms with Crippen LogP contribution < -0.4 is 69.1 Å². The zero-order valence-corrected chi connectivity index (χ0v) is 84.5. The summed E-state index contributed by atoms with van der Waals surface area (Å²) in [6.07, 6.45) is 45.3. The molecule has 8 aliphatic rings. The minimum Gasteiger partial charge on any atom is -0.508 e. The topological polar surface area (TPSA) is 369 Å². The molecule has 0 unspecified atom stereocenters. The van der Waals surface area contributed by atoms with Crippen molar-refractivity contribution >= 4 is 88.1 Å². The van der Waals surface area contributed by atoms with Crippen molar-refractivity contribution < 1.29 is 39.2 Å². The molecule has 137 heavy (non-hydrogen) atoms. The zero-order chi connectivity index (χ0) is 98.1. The smallest absolute Gasteiger partial charge is 0.414 e. The molecule has 0 bridgehead atoms. The Balaban J connectivity index is 0.000000184. The Labute approximate surface area is 818 Å². The lowest BCUT2D eigenvalue weighted by Crippen LogP contribution is -2.53. The number of urea groups is 1. The summed E-state index contributed by atoms with van der Waals surface area (Å²) in [5.41, 5.74) is 3.99. The van der Waals surface area contributed by atoms with Gasteiger partial charge in [0, 0.05) is 63.3 Å². The highest BCUT2D eigenvalue weighted by molar-refractivity contribution is 6.07. The first kappa shape index (κ1) is 109. The van der Waals surface area contributed by atoms with Gasteiger partial charge in [-0.15, -0.1) is 0 Å². The third-order valence-corrected chi connectivity index (χ3v) is 24.6. The number of nitrogens with one attached hydrogen (secondary N) is 13. The number of carbonyl (C=O) groups excluding carboxylic acids is 4. The molecule has 0 heterocycles. The van der Waals surface area contributed by atoms with Gasteiger partial charge < -0.3 is 67.9 Å². The molecule has 0 atom stereocenters. The highest BCUT2D eigenvalue weighted by Crippen LogP contribution is 2.30. The fourth-order valence-electron chi connectivity index (χ4n) is 17.7. The van der Waals surface area contributed by atoms with E-state index in [2.05, 4.69) is 121 Å². The molecule has 5 amide bonds. The van der Waals surface area contributed by atoms with E-state index in [-0.39, 0.29) is 58.0 Å². The number of aromatic hydroxyl groups is 2. The number of nitrogens with zero attached hydrogens (tertiary/aromatic N) is 6. The molecule has 6 aromatic rings. The minimum atomic E-state index is -0.495. The quantitative estimate of drug-likeness (QED) is 0.0274. The number of hydrogen-bond acceptors (Lipinski definition) is 14. The molecule has 0 aliphatic heterocycles. The fraction of sp³-hybridized carbons (Fsp3) is 0.582. The van der Waals surface area contributed by atoms with Gasteiger partial charge in [0.2, 0.25) is 23.8 Å². The minimum absolute atomic E-state index is 0.00867. The second kappa shape index (κ2) is 58.5. The van der Waals surface area contributed by atoms with Crippen molar-refractivity contribution in [2.75, 3.05) is 16.0 Å². The standard InChI is InChI=1S/C20H29N3O.C20H23N3O.C19H17N3O2.C18H34N4O.C18H33N3O2.C15H31N3O/c2*24-19(16-10-4-1-5-11-16)23-20(21-17-12-6-2-7-13-17)22-18-14-8-3-9-15-18;23-17-10-6-15(7-11-17)21-19(20-14-4-2-1-3-5-14)22-16-8-12-18(24)13-9-16;1-18(2,3)22-17(23)21-16(19-14-10-6-4-7-11-14)20-15-12-8-5-9-13-15;1-18(2,3)23-17(22)21-16(19-14-10-6-4-7-11-14)20-15-12-8-5-9-13-15;1-14(2,3)17-13(18-15(4,5)6)16-11-7-9-12(19)10-8-11/h1,4-5,10-11,17-18H,2-3,6-9,12-15H2,(H2,21,22,23,24);2-3,6-9,12-16H,1,4-5,10-11H2,(H2,21,22,23,24);1-13,23-24H,(H2,20,21,22);14-15H,4-13H2,1-3H3,(H3,19,20,21,22,23);14-15H,4-13H2,1-3H3,(H2,19,20,21,22);11-12,19H,7-10H2,1-6H3,(H2,16,17,18). The number of aliphatic hydroxyl groups is 1. The third-order valence-electron chi connectivity index (χ3n) is 24.6. The molecule has 27 heteroatoms. The van der Waals surface area contributed by atoms with E-state index in [4.69, 9.17) is 24.7 Å². The summed E-state index contributed by atoms with van der Waals surface area (Å²) in [4.78, 5) is 77.8. The SMILES string of the molecule is CC(C)(C)NC(=NC1CCC(O)CC1)NC(C)(C)C.CC(C)(C)NC(=O)NC(=NC1CCCCC1)NC1CCCCC1.CC(C)(C)OC(=O)NC(=NC1CCCCC1)NC1CCCCC1.O=C(NC(=NC1CCCCC1)NC1CCCCC1)c1ccccc1.O=C(NC(=Nc1ccccc1)Nc1ccccc1)C1CCCCC1.Oc1ccc(N=C(Nc2ccccc2)Nc2ccc(O)cc2)cc1. The van der Waals surface area contributed by atoms with Crippen LogP contribution in [0, 0.1) is 5.92 Å². The number of guanidine groups is 6. The van der Waals surface area contributed by atoms with Gasteiger partial charge in [-0.3, -0.25) is 30.9 Å². The number of para-hydroxylation sites is 3. The monoisotopic (exact) mass is 1880 g/mol. The van der Waals surface area contributed by atoms with Gasteiger partial charge in [0.05, 0.1) is 41.6 Å². The summed E-state index contributed by atoms with van der Waals surface area (Å²) in [6.45, 7) is 24.4. The Morgan fingerprint density at radius 3 is 1.03 bits per heavy atom. The Morgan fingerprint density at radius 2 is 0.628 bits per heavy atom. The molecular formula is C110H167N19O8. The first-order valence-electron chi connectivity index (χ1n) is 51.5. The zero-order valence-electron chi connectivity index (χ0n) is 84.5. The molecule has 0 radical (unpaired) electrons. The Hall–Kier alpha value is -11.2. The average Bonchev–Trinajstić information content (AvgIpc) is 0.846. The number of carbonyl (C=O) groups is 4. The second-order valence-corrected chi connectivity index (χ2v) is 42.0. The second-order valence-electron chi connectivity index (χ2n) is 42.0. The average molecular weight is 1880 g/mol. The molecule has 0 spiro atoms. The van der Waals surface area contributed by atoms with Crippen LogP contribution in [-0.2, 0) is 9.53 Å². The summed E-state index contributed by atoms with van der Waals surface area (Å²) < 4.78 is 5.38. The molecule has 8 aliphatic carbocycles. The van der Waals surface area contributed by atoms with Gasteiger partial charge in [0.15, 0.2) is 17.9 Å². The largest absolute Gasteiger partial charge is 0.508 e. The molecule has 0 aromatic heterocycles. The number of amides is 5. The van der Waals surface area contributed by atoms with Crippen LogP contribution in [0.15, 0.2) is 200 Å². The van der Waals surface area contributed by atoms with E-state index < -0.39 is 11.7 Å². The number of ether oxygens (including phenoxy) is 1. The van der Waals surface area contributed by atoms with E-state index >= 15 is 0 Å². The maximum absolute atomic E-state index is 12.6. The van der Waals surface area contributed by atoms with E-state index in [1.807, 2.05) is 163 Å². The summed E-state index contributed by atoms with van der Waals surface area (Å²) in [5, 5.41) is 70.1. The number of aliphatic imine (C=N–C) groups is 6. The van der Waals surface area contributed by atoms with Gasteiger partial charge in [-0.1, -0.05) is 208 Å². The predicted molar refractivity (Wildman–Crippen MR) is 564 cm³/mol. The van der Waals surface area contributed by atoms with Crippen molar-refractivity contribution in [3.63, 3.8) is 0 Å². The predicted octanol–water partition coefficient (Wildman–Crippen LogP) is 23.1. The van der Waals surface area contributed by atoms with Crippen LogP contribution in [0.2, 0.25) is 0 Å². The molecule has 6 aromatic carbocycles. The van der Waals surface area contributed by atoms with Crippen LogP contribution in [0.4, 0.5) is 38.0 Å². The molecule has 8 saturated carbocycles. The molecule has 8 fully saturated rings. The van der Waals surface area contributed by atoms with Crippen LogP contribution in [0.3, 0.4) is 0 Å². The van der Waals surface area contributed by atoms with Gasteiger partial charge in [-0.2, -0.15) is 0 Å². The summed E-state index contributed by atoms with van der Waals surface area (Å²) in [5.74, 6) is 4.32. The highest BCUT2D eigenvalue weighted by Gasteiger charge is 2.29. The number of aliphatic hydroxyl groups excluding tert-OH is 1. The molecule has 16 N–H and O–H groups in total. The van der Waals surface area contributed by atoms with Crippen molar-refractivity contribution in [3.8, 4) is 11.5 Å². The van der Waals surface area contributed by atoms with Crippen molar-refractivity contribution in [1.82, 2.24) is 53.2 Å². The van der Waals surface area contributed by atoms with Crippen molar-refractivity contribution in [1.29, 1.82) is 0 Å². The summed E-state index contributed by atoms with van der Waals surface area (Å²) in [6, 6.07) is 54.3. The Bertz CT molecular complexity index is 4540.